The van der Waals surface area contributed by atoms with Gasteiger partial charge in [0, 0.05) is 17.5 Å². The van der Waals surface area contributed by atoms with Crippen molar-refractivity contribution in [1.82, 2.24) is 15.3 Å². The Balaban J connectivity index is 1.79. The Bertz CT molecular complexity index is 706. The summed E-state index contributed by atoms with van der Waals surface area (Å²) < 4.78 is 11.0. The fourth-order valence-corrected chi connectivity index (χ4v) is 2.33. The van der Waals surface area contributed by atoms with Gasteiger partial charge in [-0.05, 0) is 39.0 Å². The van der Waals surface area contributed by atoms with Crippen LogP contribution in [0, 0.1) is 6.92 Å². The summed E-state index contributed by atoms with van der Waals surface area (Å²) in [6, 6.07) is 5.19. The van der Waals surface area contributed by atoms with Crippen LogP contribution >= 0.6 is 0 Å². The molecule has 0 bridgehead atoms. The second-order valence-corrected chi connectivity index (χ2v) is 5.85. The molecule has 0 saturated heterocycles. The lowest BCUT2D eigenvalue weighted by atomic mass is 10.0. The van der Waals surface area contributed by atoms with Gasteiger partial charge in [0.05, 0.1) is 5.54 Å². The molecule has 3 rings (SSSR count). The predicted octanol–water partition coefficient (Wildman–Crippen LogP) is 2.15. The predicted molar refractivity (Wildman–Crippen MR) is 81.2 cm³/mol. The van der Waals surface area contributed by atoms with Crippen molar-refractivity contribution >= 4 is 5.91 Å². The smallest absolute Gasteiger partial charge is 0.252 e. The molecule has 6 heteroatoms. The molecule has 2 N–H and O–H groups in total. The highest BCUT2D eigenvalue weighted by atomic mass is 16.6. The second kappa shape index (κ2) is 5.36. The minimum absolute atomic E-state index is 0.184. The molecule has 2 heterocycles. The molecule has 22 heavy (non-hydrogen) atoms. The van der Waals surface area contributed by atoms with Crippen LogP contribution in [0.4, 0.5) is 0 Å². The van der Waals surface area contributed by atoms with Gasteiger partial charge in [-0.2, -0.15) is 0 Å². The van der Waals surface area contributed by atoms with Crippen LogP contribution in [0.25, 0.3) is 0 Å². The number of benzene rings is 1. The van der Waals surface area contributed by atoms with E-state index in [2.05, 4.69) is 15.3 Å². The maximum Gasteiger partial charge on any atom is 0.252 e. The van der Waals surface area contributed by atoms with Crippen molar-refractivity contribution in [2.24, 2.45) is 0 Å². The number of rotatable bonds is 3. The first-order valence-electron chi connectivity index (χ1n) is 7.20. The molecule has 0 aliphatic carbocycles. The monoisotopic (exact) mass is 301 g/mol. The molecular formula is C16H19N3O3. The number of amides is 1. The van der Waals surface area contributed by atoms with Crippen molar-refractivity contribution in [2.75, 3.05) is 13.2 Å². The number of imidazole rings is 1. The van der Waals surface area contributed by atoms with Gasteiger partial charge < -0.3 is 19.8 Å². The average Bonchev–Trinajstić information content (AvgIpc) is 2.94. The van der Waals surface area contributed by atoms with Crippen LogP contribution < -0.4 is 14.8 Å². The number of aryl methyl sites for hydroxylation is 1. The lowest BCUT2D eigenvalue weighted by molar-refractivity contribution is 0.0907. The molecule has 1 aliphatic rings. The molecule has 6 nitrogen and oxygen atoms in total. The van der Waals surface area contributed by atoms with Crippen molar-refractivity contribution in [3.8, 4) is 11.5 Å². The lowest BCUT2D eigenvalue weighted by Gasteiger charge is -2.24. The molecule has 0 unspecified atom stereocenters. The molecule has 0 fully saturated rings. The summed E-state index contributed by atoms with van der Waals surface area (Å²) in [6.07, 6.45) is 1.74. The average molecular weight is 301 g/mol. The first-order chi connectivity index (χ1) is 10.5. The van der Waals surface area contributed by atoms with Gasteiger partial charge in [-0.3, -0.25) is 4.79 Å². The molecule has 2 aromatic rings. The Morgan fingerprint density at radius 3 is 2.68 bits per heavy atom. The minimum atomic E-state index is -0.599. The first-order valence-corrected chi connectivity index (χ1v) is 7.20. The van der Waals surface area contributed by atoms with Crippen LogP contribution in [-0.4, -0.2) is 29.1 Å². The molecule has 0 spiro atoms. The third-order valence-corrected chi connectivity index (χ3v) is 3.53. The molecule has 116 valence electrons. The Kier molecular flexibility index (Phi) is 3.52. The maximum absolute atomic E-state index is 12.5. The van der Waals surface area contributed by atoms with E-state index in [1.54, 1.807) is 24.4 Å². The number of fused-ring (bicyclic) bond motifs is 1. The van der Waals surface area contributed by atoms with E-state index in [1.807, 2.05) is 20.8 Å². The molecule has 1 aromatic carbocycles. The zero-order valence-electron chi connectivity index (χ0n) is 12.9. The van der Waals surface area contributed by atoms with Crippen molar-refractivity contribution in [2.45, 2.75) is 26.3 Å². The quantitative estimate of drug-likeness (QED) is 0.911. The van der Waals surface area contributed by atoms with Crippen LogP contribution in [0.2, 0.25) is 0 Å². The summed E-state index contributed by atoms with van der Waals surface area (Å²) in [6.45, 7) is 6.76. The molecule has 1 amide bonds. The third kappa shape index (κ3) is 2.77. The van der Waals surface area contributed by atoms with E-state index in [1.165, 1.54) is 0 Å². The van der Waals surface area contributed by atoms with Gasteiger partial charge in [0.2, 0.25) is 0 Å². The third-order valence-electron chi connectivity index (χ3n) is 3.53. The van der Waals surface area contributed by atoms with Crippen molar-refractivity contribution < 1.29 is 14.3 Å². The Morgan fingerprint density at radius 2 is 2.00 bits per heavy atom. The standard InChI is InChI=1S/C16H19N3O3/c1-10-9-17-15(18-10)16(2,3)19-14(20)11-4-5-12-13(8-11)22-7-6-21-12/h4-5,8-9H,6-7H2,1-3H3,(H,17,18)(H,19,20). The Labute approximate surface area is 128 Å². The number of carbonyl (C=O) groups is 1. The molecule has 0 radical (unpaired) electrons. The van der Waals surface area contributed by atoms with E-state index in [-0.39, 0.29) is 5.91 Å². The van der Waals surface area contributed by atoms with E-state index >= 15 is 0 Å². The topological polar surface area (TPSA) is 76.2 Å². The highest BCUT2D eigenvalue weighted by Gasteiger charge is 2.27. The fourth-order valence-electron chi connectivity index (χ4n) is 2.33. The molecule has 0 saturated carbocycles. The van der Waals surface area contributed by atoms with Gasteiger partial charge in [0.15, 0.2) is 11.5 Å². The van der Waals surface area contributed by atoms with Gasteiger partial charge in [0.1, 0.15) is 19.0 Å². The van der Waals surface area contributed by atoms with Gasteiger partial charge >= 0.3 is 0 Å². The van der Waals surface area contributed by atoms with Crippen molar-refractivity contribution in [3.63, 3.8) is 0 Å². The van der Waals surface area contributed by atoms with E-state index < -0.39 is 5.54 Å². The summed E-state index contributed by atoms with van der Waals surface area (Å²) in [5.41, 5.74) is 0.885. The minimum Gasteiger partial charge on any atom is -0.486 e. The summed E-state index contributed by atoms with van der Waals surface area (Å²) >= 11 is 0. The van der Waals surface area contributed by atoms with E-state index in [9.17, 15) is 4.79 Å². The van der Waals surface area contributed by atoms with E-state index in [4.69, 9.17) is 9.47 Å². The Morgan fingerprint density at radius 1 is 1.27 bits per heavy atom. The van der Waals surface area contributed by atoms with Crippen LogP contribution in [0.5, 0.6) is 11.5 Å². The summed E-state index contributed by atoms with van der Waals surface area (Å²) in [5, 5.41) is 2.98. The summed E-state index contributed by atoms with van der Waals surface area (Å²) in [5.74, 6) is 1.81. The van der Waals surface area contributed by atoms with Crippen LogP contribution in [0.3, 0.4) is 0 Å². The van der Waals surface area contributed by atoms with Crippen molar-refractivity contribution in [3.05, 3.63) is 41.5 Å². The largest absolute Gasteiger partial charge is 0.486 e. The maximum atomic E-state index is 12.5. The number of carbonyl (C=O) groups excluding carboxylic acids is 1. The molecule has 0 atom stereocenters. The highest BCUT2D eigenvalue weighted by Crippen LogP contribution is 2.31. The van der Waals surface area contributed by atoms with Crippen LogP contribution in [0.1, 0.15) is 35.7 Å². The van der Waals surface area contributed by atoms with Crippen LogP contribution in [0.15, 0.2) is 24.4 Å². The zero-order chi connectivity index (χ0) is 15.7. The van der Waals surface area contributed by atoms with Gasteiger partial charge in [-0.25, -0.2) is 4.98 Å². The SMILES string of the molecule is Cc1cnc(C(C)(C)NC(=O)c2ccc3c(c2)OCCO3)[nH]1. The number of nitrogens with one attached hydrogen (secondary N) is 2. The number of ether oxygens (including phenoxy) is 2. The highest BCUT2D eigenvalue weighted by molar-refractivity contribution is 5.95. The Hall–Kier alpha value is -2.50. The number of aromatic amines is 1. The fraction of sp³-hybridized carbons (Fsp3) is 0.375. The molecule has 1 aliphatic heterocycles. The van der Waals surface area contributed by atoms with Gasteiger partial charge in [0.25, 0.3) is 5.91 Å². The van der Waals surface area contributed by atoms with E-state index in [0.717, 1.165) is 11.5 Å². The number of hydrogen-bond donors (Lipinski definition) is 2. The molecular weight excluding hydrogens is 282 g/mol. The molecule has 1 aromatic heterocycles. The number of hydrogen-bond acceptors (Lipinski definition) is 4. The number of aromatic nitrogens is 2. The normalized spacial score (nSPS) is 13.8. The van der Waals surface area contributed by atoms with Crippen molar-refractivity contribution in [1.29, 1.82) is 0 Å². The lowest BCUT2D eigenvalue weighted by Crippen LogP contribution is -2.41. The summed E-state index contributed by atoms with van der Waals surface area (Å²) in [7, 11) is 0. The zero-order valence-corrected chi connectivity index (χ0v) is 12.9. The van der Waals surface area contributed by atoms with Gasteiger partial charge in [-0.1, -0.05) is 0 Å². The summed E-state index contributed by atoms with van der Waals surface area (Å²) in [4.78, 5) is 19.9. The van der Waals surface area contributed by atoms with Gasteiger partial charge in [-0.15, -0.1) is 0 Å². The second-order valence-electron chi connectivity index (χ2n) is 5.85. The van der Waals surface area contributed by atoms with Crippen LogP contribution in [-0.2, 0) is 5.54 Å². The van der Waals surface area contributed by atoms with E-state index in [0.29, 0.717) is 30.3 Å². The first kappa shape index (κ1) is 14.4. The number of nitrogens with zero attached hydrogens (tertiary/aromatic N) is 1. The number of H-pyrrole nitrogens is 1.